The van der Waals surface area contributed by atoms with E-state index in [1.54, 1.807) is 0 Å². The second-order valence-electron chi connectivity index (χ2n) is 3.34. The van der Waals surface area contributed by atoms with Crippen molar-refractivity contribution in [1.82, 2.24) is 4.72 Å². The molecular weight excluding hydrogens is 257 g/mol. The van der Waals surface area contributed by atoms with E-state index in [0.29, 0.717) is 0 Å². The molecule has 8 heteroatoms. The van der Waals surface area contributed by atoms with Crippen molar-refractivity contribution in [1.29, 1.82) is 0 Å². The lowest BCUT2D eigenvalue weighted by Crippen LogP contribution is -2.28. The molecule has 0 fully saturated rings. The smallest absolute Gasteiger partial charge is 0.390 e. The number of halogens is 3. The summed E-state index contributed by atoms with van der Waals surface area (Å²) in [5.74, 6) is 0. The van der Waals surface area contributed by atoms with Crippen molar-refractivity contribution < 1.29 is 21.6 Å². The minimum Gasteiger partial charge on any atom is -0.399 e. The largest absolute Gasteiger partial charge is 0.399 e. The molecule has 0 saturated heterocycles. The molecule has 0 spiro atoms. The van der Waals surface area contributed by atoms with E-state index in [0.717, 1.165) is 0 Å². The lowest BCUT2D eigenvalue weighted by Gasteiger charge is -2.09. The number of hydrogen-bond donors (Lipinski definition) is 2. The lowest BCUT2D eigenvalue weighted by molar-refractivity contribution is -0.132. The molecule has 0 atom stereocenters. The number of benzene rings is 1. The van der Waals surface area contributed by atoms with Gasteiger partial charge in [0.15, 0.2) is 0 Å². The Morgan fingerprint density at radius 1 is 1.29 bits per heavy atom. The Labute approximate surface area is 96.7 Å². The molecule has 0 aliphatic carbocycles. The highest BCUT2D eigenvalue weighted by Gasteiger charge is 2.27. The van der Waals surface area contributed by atoms with Crippen LogP contribution in [-0.2, 0) is 10.0 Å². The maximum Gasteiger partial charge on any atom is 0.390 e. The number of nitrogen functional groups attached to an aromatic ring is 1. The van der Waals surface area contributed by atoms with E-state index in [1.807, 2.05) is 4.72 Å². The summed E-state index contributed by atoms with van der Waals surface area (Å²) in [7, 11) is -3.94. The van der Waals surface area contributed by atoms with Gasteiger partial charge >= 0.3 is 6.18 Å². The van der Waals surface area contributed by atoms with Crippen LogP contribution in [0.1, 0.15) is 6.42 Å². The fraction of sp³-hybridized carbons (Fsp3) is 0.333. The van der Waals surface area contributed by atoms with Crippen molar-refractivity contribution in [3.8, 4) is 0 Å². The maximum absolute atomic E-state index is 11.8. The molecule has 1 rings (SSSR count). The fourth-order valence-corrected chi connectivity index (χ4v) is 2.18. The molecule has 1 aromatic rings. The first-order valence-electron chi connectivity index (χ1n) is 4.63. The topological polar surface area (TPSA) is 72.2 Å². The summed E-state index contributed by atoms with van der Waals surface area (Å²) >= 11 is 0. The Kier molecular flexibility index (Phi) is 3.99. The average molecular weight is 268 g/mol. The predicted octanol–water partition coefficient (Wildman–Crippen LogP) is 1.50. The normalized spacial score (nSPS) is 12.6. The van der Waals surface area contributed by atoms with E-state index in [-0.39, 0.29) is 10.6 Å². The second kappa shape index (κ2) is 4.92. The van der Waals surface area contributed by atoms with Crippen LogP contribution in [0, 0.1) is 0 Å². The van der Waals surface area contributed by atoms with Crippen LogP contribution in [0.2, 0.25) is 0 Å². The summed E-state index contributed by atoms with van der Waals surface area (Å²) in [6.45, 7) is -0.694. The summed E-state index contributed by atoms with van der Waals surface area (Å²) in [6, 6.07) is 5.32. The molecular formula is C9H11F3N2O2S. The van der Waals surface area contributed by atoms with Crippen molar-refractivity contribution in [2.45, 2.75) is 17.5 Å². The van der Waals surface area contributed by atoms with Crippen molar-refractivity contribution in [2.75, 3.05) is 12.3 Å². The van der Waals surface area contributed by atoms with Crippen molar-refractivity contribution in [3.05, 3.63) is 24.3 Å². The number of hydrogen-bond acceptors (Lipinski definition) is 3. The number of nitrogens with one attached hydrogen (secondary N) is 1. The van der Waals surface area contributed by atoms with Gasteiger partial charge in [0.1, 0.15) is 0 Å². The highest BCUT2D eigenvalue weighted by molar-refractivity contribution is 7.89. The summed E-state index contributed by atoms with van der Waals surface area (Å²) < 4.78 is 60.5. The molecule has 0 aliphatic rings. The zero-order chi connectivity index (χ0) is 13.1. The van der Waals surface area contributed by atoms with E-state index in [2.05, 4.69) is 0 Å². The maximum atomic E-state index is 11.8. The first kappa shape index (κ1) is 13.8. The Morgan fingerprint density at radius 3 is 2.47 bits per heavy atom. The number of sulfonamides is 1. The van der Waals surface area contributed by atoms with Crippen molar-refractivity contribution in [3.63, 3.8) is 0 Å². The molecule has 4 nitrogen and oxygen atoms in total. The van der Waals surface area contributed by atoms with Crippen LogP contribution in [0.3, 0.4) is 0 Å². The van der Waals surface area contributed by atoms with Gasteiger partial charge in [0.2, 0.25) is 10.0 Å². The first-order chi connectivity index (χ1) is 7.71. The summed E-state index contributed by atoms with van der Waals surface area (Å²) in [5, 5.41) is 0. The fourth-order valence-electron chi connectivity index (χ4n) is 1.09. The van der Waals surface area contributed by atoms with Gasteiger partial charge in [-0.05, 0) is 18.2 Å². The Bertz CT molecular complexity index is 485. The third-order valence-corrected chi connectivity index (χ3v) is 3.33. The molecule has 0 bridgehead atoms. The molecule has 0 aliphatic heterocycles. The summed E-state index contributed by atoms with van der Waals surface area (Å²) in [6.07, 6.45) is -5.60. The van der Waals surface area contributed by atoms with Crippen molar-refractivity contribution >= 4 is 15.7 Å². The predicted molar refractivity (Wildman–Crippen MR) is 56.7 cm³/mol. The van der Waals surface area contributed by atoms with Crippen LogP contribution < -0.4 is 10.5 Å². The molecule has 17 heavy (non-hydrogen) atoms. The zero-order valence-electron chi connectivity index (χ0n) is 8.66. The van der Waals surface area contributed by atoms with Gasteiger partial charge < -0.3 is 5.73 Å². The first-order valence-corrected chi connectivity index (χ1v) is 6.11. The van der Waals surface area contributed by atoms with E-state index < -0.39 is 29.2 Å². The number of anilines is 1. The summed E-state index contributed by atoms with van der Waals surface area (Å²) in [5.41, 5.74) is 5.61. The second-order valence-corrected chi connectivity index (χ2v) is 5.10. The van der Waals surface area contributed by atoms with Gasteiger partial charge in [0.25, 0.3) is 0 Å². The highest BCUT2D eigenvalue weighted by atomic mass is 32.2. The van der Waals surface area contributed by atoms with Crippen LogP contribution in [0.15, 0.2) is 29.2 Å². The Balaban J connectivity index is 2.70. The van der Waals surface area contributed by atoms with E-state index >= 15 is 0 Å². The average Bonchev–Trinajstić information content (AvgIpc) is 2.15. The molecule has 3 N–H and O–H groups in total. The minimum absolute atomic E-state index is 0.153. The lowest BCUT2D eigenvalue weighted by atomic mass is 10.3. The summed E-state index contributed by atoms with van der Waals surface area (Å²) in [4.78, 5) is -0.153. The third kappa shape index (κ3) is 4.61. The number of nitrogens with two attached hydrogens (primary N) is 1. The minimum atomic E-state index is -4.39. The quantitative estimate of drug-likeness (QED) is 0.813. The molecule has 0 heterocycles. The van der Waals surface area contributed by atoms with Crippen LogP contribution in [0.25, 0.3) is 0 Å². The van der Waals surface area contributed by atoms with Gasteiger partial charge in [-0.3, -0.25) is 0 Å². The van der Waals surface area contributed by atoms with Crippen molar-refractivity contribution in [2.24, 2.45) is 0 Å². The highest BCUT2D eigenvalue weighted by Crippen LogP contribution is 2.19. The Hall–Kier alpha value is -1.28. The molecule has 0 aromatic heterocycles. The van der Waals surface area contributed by atoms with Crippen LogP contribution >= 0.6 is 0 Å². The van der Waals surface area contributed by atoms with Gasteiger partial charge in [-0.15, -0.1) is 0 Å². The van der Waals surface area contributed by atoms with Crippen LogP contribution in [0.5, 0.6) is 0 Å². The molecule has 1 aromatic carbocycles. The molecule has 0 radical (unpaired) electrons. The SMILES string of the molecule is Nc1cccc(S(=O)(=O)NCCC(F)(F)F)c1. The standard InChI is InChI=1S/C9H11F3N2O2S/c10-9(11,12)4-5-14-17(15,16)8-3-1-2-7(13)6-8/h1-3,6,14H,4-5,13H2. The Morgan fingerprint density at radius 2 is 1.94 bits per heavy atom. The van der Waals surface area contributed by atoms with Crippen LogP contribution in [0.4, 0.5) is 18.9 Å². The van der Waals surface area contributed by atoms with E-state index in [1.165, 1.54) is 24.3 Å². The van der Waals surface area contributed by atoms with Gasteiger partial charge in [0, 0.05) is 12.2 Å². The number of rotatable bonds is 4. The van der Waals surface area contributed by atoms with Gasteiger partial charge in [-0.2, -0.15) is 13.2 Å². The molecule has 0 saturated carbocycles. The zero-order valence-corrected chi connectivity index (χ0v) is 9.48. The van der Waals surface area contributed by atoms with Gasteiger partial charge in [0.05, 0.1) is 11.3 Å². The van der Waals surface area contributed by atoms with E-state index in [9.17, 15) is 21.6 Å². The van der Waals surface area contributed by atoms with E-state index in [4.69, 9.17) is 5.73 Å². The third-order valence-electron chi connectivity index (χ3n) is 1.87. The van der Waals surface area contributed by atoms with Gasteiger partial charge in [-0.1, -0.05) is 6.07 Å². The monoisotopic (exact) mass is 268 g/mol. The molecule has 96 valence electrons. The van der Waals surface area contributed by atoms with Gasteiger partial charge in [-0.25, -0.2) is 13.1 Å². The number of alkyl halides is 3. The molecule has 0 amide bonds. The van der Waals surface area contributed by atoms with Crippen LogP contribution in [-0.4, -0.2) is 21.1 Å². The molecule has 0 unspecified atom stereocenters.